The zero-order valence-electron chi connectivity index (χ0n) is 8.42. The number of esters is 2. The number of carbonyl (C=O) groups is 2. The highest BCUT2D eigenvalue weighted by Crippen LogP contribution is 2.06. The first kappa shape index (κ1) is 11.9. The van der Waals surface area contributed by atoms with Gasteiger partial charge in [-0.15, -0.1) is 0 Å². The molecule has 3 nitrogen and oxygen atoms in total. The molecule has 0 aliphatic heterocycles. The second kappa shape index (κ2) is 5.51. The van der Waals surface area contributed by atoms with Crippen molar-refractivity contribution < 1.29 is 14.3 Å². The van der Waals surface area contributed by atoms with Gasteiger partial charge >= 0.3 is 11.9 Å². The van der Waals surface area contributed by atoms with E-state index in [9.17, 15) is 9.59 Å². The lowest BCUT2D eigenvalue weighted by molar-refractivity contribution is -0.159. The van der Waals surface area contributed by atoms with E-state index in [0.717, 1.165) is 0 Å². The smallest absolute Gasteiger partial charge is 0.341 e. The van der Waals surface area contributed by atoms with Crippen LogP contribution in [-0.2, 0) is 14.3 Å². The van der Waals surface area contributed by atoms with Crippen molar-refractivity contribution in [2.45, 2.75) is 33.6 Å². The lowest BCUT2D eigenvalue weighted by Gasteiger charge is -2.07. The minimum absolute atomic E-state index is 0.228. The molecule has 0 amide bonds. The van der Waals surface area contributed by atoms with Crippen molar-refractivity contribution in [3.63, 3.8) is 0 Å². The van der Waals surface area contributed by atoms with Gasteiger partial charge in [0.05, 0.1) is 5.92 Å². The lowest BCUT2D eigenvalue weighted by atomic mass is 10.1. The molecule has 0 rings (SSSR count). The van der Waals surface area contributed by atoms with Crippen LogP contribution in [0.5, 0.6) is 0 Å². The van der Waals surface area contributed by atoms with E-state index < -0.39 is 11.9 Å². The van der Waals surface area contributed by atoms with E-state index in [1.54, 1.807) is 13.8 Å². The third-order valence-corrected chi connectivity index (χ3v) is 1.92. The summed E-state index contributed by atoms with van der Waals surface area (Å²) in [5, 5.41) is 0. The van der Waals surface area contributed by atoms with Crippen LogP contribution >= 0.6 is 0 Å². The van der Waals surface area contributed by atoms with E-state index in [1.807, 2.05) is 6.92 Å². The van der Waals surface area contributed by atoms with Crippen molar-refractivity contribution in [1.82, 2.24) is 0 Å². The fraction of sp³-hybridized carbons (Fsp3) is 0.600. The van der Waals surface area contributed by atoms with Crippen molar-refractivity contribution in [3.05, 3.63) is 12.2 Å². The average Bonchev–Trinajstić information content (AvgIpc) is 2.14. The minimum atomic E-state index is -0.604. The topological polar surface area (TPSA) is 43.4 Å². The van der Waals surface area contributed by atoms with Crippen LogP contribution in [-0.4, -0.2) is 11.9 Å². The minimum Gasteiger partial charge on any atom is -0.389 e. The van der Waals surface area contributed by atoms with Gasteiger partial charge in [0, 0.05) is 5.57 Å². The molecule has 0 radical (unpaired) electrons. The second-order valence-corrected chi connectivity index (χ2v) is 2.97. The quantitative estimate of drug-likeness (QED) is 0.381. The zero-order chi connectivity index (χ0) is 10.4. The molecule has 0 aromatic heterocycles. The maximum Gasteiger partial charge on any atom is 0.341 e. The van der Waals surface area contributed by atoms with E-state index in [1.165, 1.54) is 0 Å². The molecule has 0 aromatic rings. The van der Waals surface area contributed by atoms with Crippen molar-refractivity contribution in [2.75, 3.05) is 0 Å². The normalized spacial score (nSPS) is 11.9. The Morgan fingerprint density at radius 1 is 1.38 bits per heavy atom. The first-order valence-corrected chi connectivity index (χ1v) is 4.46. The highest BCUT2D eigenvalue weighted by atomic mass is 16.6. The first-order valence-electron chi connectivity index (χ1n) is 4.46. The van der Waals surface area contributed by atoms with Crippen LogP contribution in [0.4, 0.5) is 0 Å². The molecular weight excluding hydrogens is 168 g/mol. The molecule has 1 unspecified atom stereocenters. The summed E-state index contributed by atoms with van der Waals surface area (Å²) in [5.74, 6) is -1.30. The van der Waals surface area contributed by atoms with E-state index >= 15 is 0 Å². The Balaban J connectivity index is 4.07. The monoisotopic (exact) mass is 184 g/mol. The molecule has 0 saturated carbocycles. The predicted octanol–water partition coefficient (Wildman–Crippen LogP) is 2.07. The summed E-state index contributed by atoms with van der Waals surface area (Å²) in [6.45, 7) is 8.87. The fourth-order valence-electron chi connectivity index (χ4n) is 0.575. The van der Waals surface area contributed by atoms with Crippen LogP contribution in [0.15, 0.2) is 12.2 Å². The molecule has 0 aromatic carbocycles. The third kappa shape index (κ3) is 3.87. The second-order valence-electron chi connectivity index (χ2n) is 2.97. The Labute approximate surface area is 78.8 Å². The van der Waals surface area contributed by atoms with Crippen LogP contribution < -0.4 is 0 Å². The SMILES string of the molecule is C=C(CC)C(=O)OC(=O)C(C)CC. The van der Waals surface area contributed by atoms with Crippen LogP contribution in [0.1, 0.15) is 33.6 Å². The molecule has 0 fully saturated rings. The van der Waals surface area contributed by atoms with E-state index in [4.69, 9.17) is 0 Å². The van der Waals surface area contributed by atoms with Crippen LogP contribution in [0.25, 0.3) is 0 Å². The number of carbonyl (C=O) groups excluding carboxylic acids is 2. The largest absolute Gasteiger partial charge is 0.389 e. The van der Waals surface area contributed by atoms with Gasteiger partial charge in [0.25, 0.3) is 0 Å². The van der Waals surface area contributed by atoms with Crippen LogP contribution in [0, 0.1) is 5.92 Å². The molecule has 0 spiro atoms. The van der Waals surface area contributed by atoms with Crippen LogP contribution in [0.3, 0.4) is 0 Å². The summed E-state index contributed by atoms with van der Waals surface area (Å²) >= 11 is 0. The van der Waals surface area contributed by atoms with Gasteiger partial charge in [-0.3, -0.25) is 4.79 Å². The summed E-state index contributed by atoms with van der Waals surface area (Å²) in [4.78, 5) is 22.2. The van der Waals surface area contributed by atoms with Gasteiger partial charge in [-0.25, -0.2) is 4.79 Å². The molecule has 1 atom stereocenters. The van der Waals surface area contributed by atoms with Gasteiger partial charge in [0.2, 0.25) is 0 Å². The first-order chi connectivity index (χ1) is 6.02. The van der Waals surface area contributed by atoms with Gasteiger partial charge in [0.1, 0.15) is 0 Å². The molecule has 0 saturated heterocycles. The molecule has 0 bridgehead atoms. The molecule has 0 N–H and O–H groups in total. The Hall–Kier alpha value is -1.12. The Kier molecular flexibility index (Phi) is 5.04. The van der Waals surface area contributed by atoms with Crippen LogP contribution in [0.2, 0.25) is 0 Å². The maximum atomic E-state index is 11.1. The summed E-state index contributed by atoms with van der Waals surface area (Å²) < 4.78 is 4.58. The standard InChI is InChI=1S/C10H16O3/c1-5-7(3)9(11)13-10(12)8(4)6-2/h8H,3,5-6H2,1-2,4H3. The van der Waals surface area contributed by atoms with E-state index in [0.29, 0.717) is 18.4 Å². The summed E-state index contributed by atoms with van der Waals surface area (Å²) in [6.07, 6.45) is 1.18. The summed E-state index contributed by atoms with van der Waals surface area (Å²) in [6, 6.07) is 0. The predicted molar refractivity (Wildman–Crippen MR) is 50.0 cm³/mol. The Morgan fingerprint density at radius 3 is 2.31 bits per heavy atom. The Morgan fingerprint density at radius 2 is 1.92 bits per heavy atom. The molecule has 13 heavy (non-hydrogen) atoms. The molecule has 0 heterocycles. The molecule has 3 heteroatoms. The van der Waals surface area contributed by atoms with Crippen molar-refractivity contribution >= 4 is 11.9 Å². The fourth-order valence-corrected chi connectivity index (χ4v) is 0.575. The van der Waals surface area contributed by atoms with E-state index in [2.05, 4.69) is 11.3 Å². The maximum absolute atomic E-state index is 11.1. The number of ether oxygens (including phenoxy) is 1. The van der Waals surface area contributed by atoms with E-state index in [-0.39, 0.29) is 5.92 Å². The van der Waals surface area contributed by atoms with Crippen molar-refractivity contribution in [1.29, 1.82) is 0 Å². The summed E-state index contributed by atoms with van der Waals surface area (Å²) in [7, 11) is 0. The van der Waals surface area contributed by atoms with Gasteiger partial charge in [0.15, 0.2) is 0 Å². The Bertz CT molecular complexity index is 218. The van der Waals surface area contributed by atoms with Crippen molar-refractivity contribution in [3.8, 4) is 0 Å². The number of hydrogen-bond donors (Lipinski definition) is 0. The molecule has 0 aliphatic rings. The number of rotatable bonds is 4. The third-order valence-electron chi connectivity index (χ3n) is 1.92. The summed E-state index contributed by atoms with van der Waals surface area (Å²) in [5.41, 5.74) is 0.330. The van der Waals surface area contributed by atoms with Gasteiger partial charge in [-0.2, -0.15) is 0 Å². The molecular formula is C10H16O3. The zero-order valence-corrected chi connectivity index (χ0v) is 8.42. The highest BCUT2D eigenvalue weighted by molar-refractivity contribution is 5.96. The highest BCUT2D eigenvalue weighted by Gasteiger charge is 2.17. The molecule has 74 valence electrons. The van der Waals surface area contributed by atoms with Gasteiger partial charge in [-0.05, 0) is 12.8 Å². The van der Waals surface area contributed by atoms with Gasteiger partial charge < -0.3 is 4.74 Å². The molecule has 0 aliphatic carbocycles. The number of hydrogen-bond acceptors (Lipinski definition) is 3. The van der Waals surface area contributed by atoms with Crippen molar-refractivity contribution in [2.24, 2.45) is 5.92 Å². The van der Waals surface area contributed by atoms with Gasteiger partial charge in [-0.1, -0.05) is 27.4 Å². The average molecular weight is 184 g/mol. The lowest BCUT2D eigenvalue weighted by Crippen LogP contribution is -2.19.